The number of nitrogens with two attached hydrogens (primary N) is 1. The number of rotatable bonds is 4. The number of carboxylic acid groups (broad SMARTS) is 1. The number of alkyl halides is 3. The van der Waals surface area contributed by atoms with Gasteiger partial charge in [-0.15, -0.1) is 0 Å². The summed E-state index contributed by atoms with van der Waals surface area (Å²) in [7, 11) is 0. The number of likely N-dealkylation sites (tertiary alicyclic amines) is 1. The number of primary amides is 1. The third-order valence-electron chi connectivity index (χ3n) is 8.39. The van der Waals surface area contributed by atoms with Crippen molar-refractivity contribution in [2.45, 2.75) is 56.8 Å². The van der Waals surface area contributed by atoms with Gasteiger partial charge in [-0.05, 0) is 74.3 Å². The predicted molar refractivity (Wildman–Crippen MR) is 108 cm³/mol. The molecule has 5 unspecified atom stereocenters. The molecule has 0 spiro atoms. The highest BCUT2D eigenvalue weighted by Crippen LogP contribution is 2.63. The molecule has 10 heteroatoms. The largest absolute Gasteiger partial charge is 0.465 e. The summed E-state index contributed by atoms with van der Waals surface area (Å²) in [4.78, 5) is 29.7. The summed E-state index contributed by atoms with van der Waals surface area (Å²) in [5.41, 5.74) is 4.51. The lowest BCUT2D eigenvalue weighted by molar-refractivity contribution is -0.154. The lowest BCUT2D eigenvalue weighted by Gasteiger charge is -2.61. The first-order valence-corrected chi connectivity index (χ1v) is 11.2. The summed E-state index contributed by atoms with van der Waals surface area (Å²) in [6.07, 6.45) is 0.102. The van der Waals surface area contributed by atoms with Crippen LogP contribution in [0.5, 0.6) is 0 Å². The lowest BCUT2D eigenvalue weighted by atomic mass is 9.44. The number of nitrogens with zero attached hydrogens (tertiary/aromatic N) is 2. The van der Waals surface area contributed by atoms with Crippen LogP contribution in [0.2, 0.25) is 0 Å². The van der Waals surface area contributed by atoms with Crippen molar-refractivity contribution in [1.29, 1.82) is 0 Å². The Hall–Kier alpha value is -2.52. The van der Waals surface area contributed by atoms with E-state index in [0.29, 0.717) is 37.5 Å². The molecule has 4 aliphatic carbocycles. The smallest absolute Gasteiger partial charge is 0.417 e. The van der Waals surface area contributed by atoms with Crippen LogP contribution in [0, 0.1) is 29.1 Å². The van der Waals surface area contributed by atoms with Crippen LogP contribution in [0.3, 0.4) is 0 Å². The average molecular weight is 452 g/mol. The summed E-state index contributed by atoms with van der Waals surface area (Å²) >= 11 is 0. The first-order valence-electron chi connectivity index (χ1n) is 11.2. The van der Waals surface area contributed by atoms with E-state index in [-0.39, 0.29) is 35.7 Å². The summed E-state index contributed by atoms with van der Waals surface area (Å²) in [5.74, 6) is 1.08. The van der Waals surface area contributed by atoms with Crippen LogP contribution in [0.25, 0.3) is 0 Å². The zero-order valence-electron chi connectivity index (χ0n) is 17.5. The Balaban J connectivity index is 1.40. The average Bonchev–Trinajstić information content (AvgIpc) is 3.10. The van der Waals surface area contributed by atoms with Gasteiger partial charge in [-0.3, -0.25) is 4.79 Å². The van der Waals surface area contributed by atoms with E-state index >= 15 is 0 Å². The van der Waals surface area contributed by atoms with E-state index in [0.717, 1.165) is 31.5 Å². The number of hydrogen-bond donors (Lipinski definition) is 3. The summed E-state index contributed by atoms with van der Waals surface area (Å²) in [6, 6.07) is 1.72. The van der Waals surface area contributed by atoms with Gasteiger partial charge >= 0.3 is 12.3 Å². The Bertz CT molecular complexity index is 906. The molecule has 32 heavy (non-hydrogen) atoms. The Morgan fingerprint density at radius 2 is 1.88 bits per heavy atom. The third-order valence-corrected chi connectivity index (χ3v) is 8.39. The number of hydrogen-bond acceptors (Lipinski definition) is 4. The second-order valence-electron chi connectivity index (χ2n) is 10.1. The second-order valence-corrected chi connectivity index (χ2v) is 10.1. The van der Waals surface area contributed by atoms with Gasteiger partial charge in [0.1, 0.15) is 5.82 Å². The molecule has 7 nitrogen and oxygen atoms in total. The standard InChI is InChI=1S/C22H27F3N4O3/c23-22(24,25)14-1-2-16(27-10-14)28-15-3-4-29(20(31)32)18(15)17-12-5-11-6-13(17)9-21(7-11,8-12)19(26)30/h1-2,10-13,15,17-18H,3-9H2,(H2,26,30)(H,27,28)(H,31,32)/t11?,12-,13+,15?,17?,18?,21?. The highest BCUT2D eigenvalue weighted by atomic mass is 19.4. The number of anilines is 1. The third kappa shape index (κ3) is 3.38. The van der Waals surface area contributed by atoms with E-state index in [1.54, 1.807) is 0 Å². The molecule has 7 atom stereocenters. The normalized spacial score (nSPS) is 38.2. The Morgan fingerprint density at radius 1 is 1.19 bits per heavy atom. The molecular weight excluding hydrogens is 425 g/mol. The molecule has 0 aromatic carbocycles. The van der Waals surface area contributed by atoms with Crippen LogP contribution < -0.4 is 11.1 Å². The molecular formula is C22H27F3N4O3. The van der Waals surface area contributed by atoms with Crippen molar-refractivity contribution in [3.05, 3.63) is 23.9 Å². The fraction of sp³-hybridized carbons (Fsp3) is 0.682. The van der Waals surface area contributed by atoms with Crippen LogP contribution >= 0.6 is 0 Å². The van der Waals surface area contributed by atoms with Gasteiger partial charge in [-0.1, -0.05) is 0 Å². The molecule has 174 valence electrons. The van der Waals surface area contributed by atoms with Crippen molar-refractivity contribution < 1.29 is 27.9 Å². The van der Waals surface area contributed by atoms with Crippen molar-refractivity contribution in [1.82, 2.24) is 9.88 Å². The van der Waals surface area contributed by atoms with Gasteiger partial charge < -0.3 is 21.1 Å². The minimum Gasteiger partial charge on any atom is -0.465 e. The van der Waals surface area contributed by atoms with Crippen molar-refractivity contribution in [2.24, 2.45) is 34.8 Å². The Kier molecular flexibility index (Phi) is 4.83. The Morgan fingerprint density at radius 3 is 2.41 bits per heavy atom. The first-order chi connectivity index (χ1) is 15.1. The zero-order chi connectivity index (χ0) is 22.8. The van der Waals surface area contributed by atoms with E-state index < -0.39 is 23.2 Å². The van der Waals surface area contributed by atoms with E-state index in [4.69, 9.17) is 5.73 Å². The number of aromatic nitrogens is 1. The van der Waals surface area contributed by atoms with Gasteiger partial charge in [0.2, 0.25) is 5.91 Å². The highest BCUT2D eigenvalue weighted by molar-refractivity contribution is 5.81. The monoisotopic (exact) mass is 452 g/mol. The number of carbonyl (C=O) groups excluding carboxylic acids is 1. The number of carbonyl (C=O) groups is 2. The fourth-order valence-electron chi connectivity index (χ4n) is 7.43. The van der Waals surface area contributed by atoms with Gasteiger partial charge in [-0.2, -0.15) is 13.2 Å². The molecule has 5 aliphatic rings. The predicted octanol–water partition coefficient (Wildman–Crippen LogP) is 3.56. The van der Waals surface area contributed by atoms with Crippen LogP contribution in [0.4, 0.5) is 23.8 Å². The van der Waals surface area contributed by atoms with Crippen LogP contribution in [-0.2, 0) is 11.0 Å². The van der Waals surface area contributed by atoms with E-state index in [1.165, 1.54) is 11.0 Å². The molecule has 4 saturated carbocycles. The van der Waals surface area contributed by atoms with Gasteiger partial charge in [0.15, 0.2) is 0 Å². The molecule has 1 aliphatic heterocycles. The molecule has 2 amide bonds. The summed E-state index contributed by atoms with van der Waals surface area (Å²) in [5, 5.41) is 13.1. The second kappa shape index (κ2) is 7.25. The van der Waals surface area contributed by atoms with Crippen molar-refractivity contribution in [2.75, 3.05) is 11.9 Å². The molecule has 2 heterocycles. The van der Waals surface area contributed by atoms with Crippen LogP contribution in [0.15, 0.2) is 18.3 Å². The van der Waals surface area contributed by atoms with Crippen molar-refractivity contribution >= 4 is 17.8 Å². The van der Waals surface area contributed by atoms with Gasteiger partial charge in [0, 0.05) is 18.2 Å². The maximum atomic E-state index is 12.9. The van der Waals surface area contributed by atoms with Gasteiger partial charge in [0.25, 0.3) is 0 Å². The molecule has 1 saturated heterocycles. The molecule has 6 rings (SSSR count). The molecule has 4 bridgehead atoms. The van der Waals surface area contributed by atoms with Crippen molar-refractivity contribution in [3.63, 3.8) is 0 Å². The van der Waals surface area contributed by atoms with Crippen LogP contribution in [0.1, 0.15) is 44.1 Å². The maximum absolute atomic E-state index is 12.9. The number of amides is 2. The minimum absolute atomic E-state index is 0.101. The lowest BCUT2D eigenvalue weighted by Crippen LogP contribution is -2.61. The van der Waals surface area contributed by atoms with E-state index in [9.17, 15) is 27.9 Å². The molecule has 4 N–H and O–H groups in total. The van der Waals surface area contributed by atoms with Gasteiger partial charge in [0.05, 0.1) is 17.6 Å². The number of pyridine rings is 1. The quantitative estimate of drug-likeness (QED) is 0.647. The fourth-order valence-corrected chi connectivity index (χ4v) is 7.43. The minimum atomic E-state index is -4.46. The maximum Gasteiger partial charge on any atom is 0.417 e. The zero-order valence-corrected chi connectivity index (χ0v) is 17.5. The topological polar surface area (TPSA) is 109 Å². The summed E-state index contributed by atoms with van der Waals surface area (Å²) in [6.45, 7) is 0.360. The number of halogens is 3. The highest BCUT2D eigenvalue weighted by Gasteiger charge is 2.61. The summed E-state index contributed by atoms with van der Waals surface area (Å²) < 4.78 is 38.6. The molecule has 1 aromatic heterocycles. The molecule has 5 fully saturated rings. The first kappa shape index (κ1) is 21.3. The molecule has 0 radical (unpaired) electrons. The molecule has 1 aromatic rings. The van der Waals surface area contributed by atoms with E-state index in [2.05, 4.69) is 10.3 Å². The Labute approximate surface area is 183 Å². The van der Waals surface area contributed by atoms with Crippen LogP contribution in [-0.4, -0.2) is 45.6 Å². The van der Waals surface area contributed by atoms with Crippen molar-refractivity contribution in [3.8, 4) is 0 Å². The number of nitrogens with one attached hydrogen (secondary N) is 1. The SMILES string of the molecule is NC(=O)C12CC3C[C@H](C1)C(C1C(Nc4ccc(C(F)(F)F)cn4)CCN1C(=O)O)[C@@H](C3)C2. The van der Waals surface area contributed by atoms with Gasteiger partial charge in [-0.25, -0.2) is 9.78 Å². The van der Waals surface area contributed by atoms with E-state index in [1.807, 2.05) is 0 Å².